The summed E-state index contributed by atoms with van der Waals surface area (Å²) < 4.78 is 5.44. The Morgan fingerprint density at radius 2 is 1.69 bits per heavy atom. The van der Waals surface area contributed by atoms with Crippen LogP contribution in [0.5, 0.6) is 0 Å². The maximum absolute atomic E-state index is 9.59. The van der Waals surface area contributed by atoms with E-state index in [9.17, 15) is 10.2 Å². The number of hydrogen-bond donors (Lipinski definition) is 3. The minimum Gasteiger partial charge on any atom is -0.392 e. The molecule has 98 valence electrons. The first-order valence-corrected chi connectivity index (χ1v) is 5.93. The highest BCUT2D eigenvalue weighted by Crippen LogP contribution is 2.06. The van der Waals surface area contributed by atoms with Crippen LogP contribution in [-0.4, -0.2) is 47.7 Å². The van der Waals surface area contributed by atoms with Gasteiger partial charge in [0.1, 0.15) is 0 Å². The summed E-state index contributed by atoms with van der Waals surface area (Å²) in [5.74, 6) is 0.232. The van der Waals surface area contributed by atoms with Crippen molar-refractivity contribution in [3.8, 4) is 0 Å². The number of nitrogens with one attached hydrogen (secondary N) is 1. The van der Waals surface area contributed by atoms with E-state index in [0.29, 0.717) is 19.7 Å². The van der Waals surface area contributed by atoms with Gasteiger partial charge >= 0.3 is 0 Å². The lowest BCUT2D eigenvalue weighted by Crippen LogP contribution is -2.38. The van der Waals surface area contributed by atoms with Gasteiger partial charge in [0.15, 0.2) is 0 Å². The summed E-state index contributed by atoms with van der Waals surface area (Å²) in [5.41, 5.74) is -0.224. The van der Waals surface area contributed by atoms with Gasteiger partial charge in [-0.1, -0.05) is 13.8 Å². The molecule has 0 amide bonds. The van der Waals surface area contributed by atoms with Gasteiger partial charge in [-0.3, -0.25) is 0 Å². The Balaban J connectivity index is 3.55. The largest absolute Gasteiger partial charge is 0.392 e. The van der Waals surface area contributed by atoms with Crippen molar-refractivity contribution in [3.63, 3.8) is 0 Å². The average molecular weight is 233 g/mol. The van der Waals surface area contributed by atoms with Crippen LogP contribution in [0.4, 0.5) is 0 Å². The summed E-state index contributed by atoms with van der Waals surface area (Å²) in [7, 11) is 0. The third kappa shape index (κ3) is 9.09. The van der Waals surface area contributed by atoms with Crippen molar-refractivity contribution >= 4 is 0 Å². The Kier molecular flexibility index (Phi) is 7.15. The molecule has 0 spiro atoms. The van der Waals surface area contributed by atoms with Crippen molar-refractivity contribution in [2.45, 2.75) is 52.4 Å². The lowest BCUT2D eigenvalue weighted by Gasteiger charge is -2.22. The molecule has 0 aliphatic rings. The second kappa shape index (κ2) is 7.22. The maximum Gasteiger partial charge on any atom is 0.0897 e. The van der Waals surface area contributed by atoms with Gasteiger partial charge in [-0.2, -0.15) is 0 Å². The lowest BCUT2D eigenvalue weighted by molar-refractivity contribution is -0.0484. The predicted octanol–water partition coefficient (Wildman–Crippen LogP) is 0.769. The van der Waals surface area contributed by atoms with Crippen LogP contribution in [0.1, 0.15) is 34.6 Å². The molecule has 2 atom stereocenters. The molecule has 0 saturated carbocycles. The minimum atomic E-state index is -0.529. The van der Waals surface area contributed by atoms with Gasteiger partial charge in [-0.05, 0) is 26.7 Å². The molecule has 0 radical (unpaired) electrons. The smallest absolute Gasteiger partial charge is 0.0897 e. The molecule has 0 aliphatic carbocycles. The summed E-state index contributed by atoms with van der Waals surface area (Å²) in [6.07, 6.45) is -0.894. The molecule has 0 fully saturated rings. The molecule has 0 rings (SSSR count). The van der Waals surface area contributed by atoms with Gasteiger partial charge in [0.2, 0.25) is 0 Å². The number of hydrogen-bond acceptors (Lipinski definition) is 4. The van der Waals surface area contributed by atoms with Gasteiger partial charge in [-0.25, -0.2) is 0 Å². The van der Waals surface area contributed by atoms with Crippen LogP contribution < -0.4 is 5.32 Å². The molecular weight excluding hydrogens is 206 g/mol. The molecule has 3 N–H and O–H groups in total. The summed E-state index contributed by atoms with van der Waals surface area (Å²) in [5, 5.41) is 22.1. The molecule has 0 bridgehead atoms. The van der Waals surface area contributed by atoms with Crippen molar-refractivity contribution in [1.82, 2.24) is 5.32 Å². The van der Waals surface area contributed by atoms with Gasteiger partial charge < -0.3 is 20.3 Å². The Hall–Kier alpha value is -0.160. The predicted molar refractivity (Wildman–Crippen MR) is 65.4 cm³/mol. The fourth-order valence-electron chi connectivity index (χ4n) is 1.04. The third-order valence-electron chi connectivity index (χ3n) is 2.21. The third-order valence-corrected chi connectivity index (χ3v) is 2.21. The van der Waals surface area contributed by atoms with Gasteiger partial charge in [0.25, 0.3) is 0 Å². The van der Waals surface area contributed by atoms with Crippen molar-refractivity contribution in [1.29, 1.82) is 0 Å². The first-order chi connectivity index (χ1) is 7.22. The van der Waals surface area contributed by atoms with Crippen molar-refractivity contribution in [3.05, 3.63) is 0 Å². The van der Waals surface area contributed by atoms with Gasteiger partial charge in [0, 0.05) is 13.1 Å². The van der Waals surface area contributed by atoms with E-state index in [-0.39, 0.29) is 17.6 Å². The normalized spacial score (nSPS) is 16.5. The topological polar surface area (TPSA) is 61.7 Å². The van der Waals surface area contributed by atoms with E-state index in [1.54, 1.807) is 0 Å². The lowest BCUT2D eigenvalue weighted by atomic mass is 10.1. The van der Waals surface area contributed by atoms with E-state index < -0.39 is 6.10 Å². The Morgan fingerprint density at radius 3 is 2.12 bits per heavy atom. The summed E-state index contributed by atoms with van der Waals surface area (Å²) in [4.78, 5) is 0. The fourth-order valence-corrected chi connectivity index (χ4v) is 1.04. The standard InChI is InChI=1S/C12H27NO3/c1-9(2)11(15)7-13-6-10(14)8-16-12(3,4)5/h9-11,13-15H,6-8H2,1-5H3. The van der Waals surface area contributed by atoms with Gasteiger partial charge in [-0.15, -0.1) is 0 Å². The van der Waals surface area contributed by atoms with Crippen LogP contribution in [-0.2, 0) is 4.74 Å². The summed E-state index contributed by atoms with van der Waals surface area (Å²) >= 11 is 0. The zero-order chi connectivity index (χ0) is 12.8. The molecule has 0 aromatic carbocycles. The van der Waals surface area contributed by atoms with Crippen LogP contribution in [0.2, 0.25) is 0 Å². The quantitative estimate of drug-likeness (QED) is 0.608. The highest BCUT2D eigenvalue weighted by molar-refractivity contribution is 4.67. The SMILES string of the molecule is CC(C)C(O)CNCC(O)COC(C)(C)C. The molecule has 16 heavy (non-hydrogen) atoms. The first kappa shape index (κ1) is 15.8. The highest BCUT2D eigenvalue weighted by atomic mass is 16.5. The number of aliphatic hydroxyl groups excluding tert-OH is 2. The second-order valence-corrected chi connectivity index (χ2v) is 5.55. The van der Waals surface area contributed by atoms with E-state index in [2.05, 4.69) is 5.32 Å². The number of ether oxygens (including phenoxy) is 1. The minimum absolute atomic E-state index is 0.224. The molecule has 0 aromatic rings. The molecule has 0 saturated heterocycles. The molecular formula is C12H27NO3. The van der Waals surface area contributed by atoms with Crippen molar-refractivity contribution in [2.24, 2.45) is 5.92 Å². The Morgan fingerprint density at radius 1 is 1.12 bits per heavy atom. The van der Waals surface area contributed by atoms with E-state index in [1.807, 2.05) is 34.6 Å². The zero-order valence-corrected chi connectivity index (χ0v) is 11.2. The second-order valence-electron chi connectivity index (χ2n) is 5.55. The Labute approximate surface area is 99.0 Å². The number of rotatable bonds is 7. The molecule has 0 aromatic heterocycles. The fraction of sp³-hybridized carbons (Fsp3) is 1.00. The molecule has 0 aliphatic heterocycles. The van der Waals surface area contributed by atoms with Crippen LogP contribution in [0.3, 0.4) is 0 Å². The summed E-state index contributed by atoms with van der Waals surface area (Å²) in [6, 6.07) is 0. The zero-order valence-electron chi connectivity index (χ0n) is 11.2. The number of aliphatic hydroxyl groups is 2. The van der Waals surface area contributed by atoms with E-state index in [4.69, 9.17) is 4.74 Å². The molecule has 2 unspecified atom stereocenters. The maximum atomic E-state index is 9.59. The van der Waals surface area contributed by atoms with E-state index in [0.717, 1.165) is 0 Å². The molecule has 4 heteroatoms. The first-order valence-electron chi connectivity index (χ1n) is 5.93. The molecule has 0 heterocycles. The van der Waals surface area contributed by atoms with E-state index >= 15 is 0 Å². The van der Waals surface area contributed by atoms with Crippen molar-refractivity contribution in [2.75, 3.05) is 19.7 Å². The summed E-state index contributed by atoms with van der Waals surface area (Å²) in [6.45, 7) is 11.1. The highest BCUT2D eigenvalue weighted by Gasteiger charge is 2.14. The van der Waals surface area contributed by atoms with E-state index in [1.165, 1.54) is 0 Å². The van der Waals surface area contributed by atoms with Crippen LogP contribution >= 0.6 is 0 Å². The Bertz CT molecular complexity index is 178. The van der Waals surface area contributed by atoms with Gasteiger partial charge in [0.05, 0.1) is 24.4 Å². The van der Waals surface area contributed by atoms with Crippen LogP contribution in [0.25, 0.3) is 0 Å². The monoisotopic (exact) mass is 233 g/mol. The molecule has 4 nitrogen and oxygen atoms in total. The van der Waals surface area contributed by atoms with Crippen LogP contribution in [0, 0.1) is 5.92 Å². The van der Waals surface area contributed by atoms with Crippen LogP contribution in [0.15, 0.2) is 0 Å². The van der Waals surface area contributed by atoms with Crippen molar-refractivity contribution < 1.29 is 14.9 Å². The average Bonchev–Trinajstić information content (AvgIpc) is 2.13.